The highest BCUT2D eigenvalue weighted by Crippen LogP contribution is 2.29. The second kappa shape index (κ2) is 7.41. The van der Waals surface area contributed by atoms with Crippen LogP contribution in [-0.2, 0) is 9.47 Å². The van der Waals surface area contributed by atoms with Crippen molar-refractivity contribution in [2.75, 3.05) is 14.2 Å². The summed E-state index contributed by atoms with van der Waals surface area (Å²) in [6.07, 6.45) is 0. The number of hydrogen-bond acceptors (Lipinski definition) is 5. The SMILES string of the molecule is COC(=O)c1c(-c2ccc(Cl)cc2)nn(-c2ccccc2)c1C(=O)OC. The molecule has 0 fully saturated rings. The summed E-state index contributed by atoms with van der Waals surface area (Å²) in [5.74, 6) is -1.38. The van der Waals surface area contributed by atoms with Crippen molar-refractivity contribution in [1.29, 1.82) is 0 Å². The Kier molecular flexibility index (Phi) is 5.04. The number of rotatable bonds is 4. The van der Waals surface area contributed by atoms with E-state index in [1.165, 1.54) is 18.9 Å². The summed E-state index contributed by atoms with van der Waals surface area (Å²) < 4.78 is 11.1. The van der Waals surface area contributed by atoms with Crippen molar-refractivity contribution in [2.45, 2.75) is 0 Å². The second-order valence-electron chi connectivity index (χ2n) is 5.31. The molecule has 0 radical (unpaired) electrons. The van der Waals surface area contributed by atoms with E-state index in [1.807, 2.05) is 6.07 Å². The monoisotopic (exact) mass is 370 g/mol. The standard InChI is InChI=1S/C19H15ClN2O4/c1-25-18(23)15-16(12-8-10-13(20)11-9-12)21-22(17(15)19(24)26-2)14-6-4-3-5-7-14/h3-11H,1-2H3. The number of aromatic nitrogens is 2. The van der Waals surface area contributed by atoms with Gasteiger partial charge in [0.2, 0.25) is 0 Å². The van der Waals surface area contributed by atoms with E-state index in [0.29, 0.717) is 22.0 Å². The number of carbonyl (C=O) groups excluding carboxylic acids is 2. The third kappa shape index (κ3) is 3.19. The average molecular weight is 371 g/mol. The van der Waals surface area contributed by atoms with Gasteiger partial charge in [0.15, 0.2) is 5.69 Å². The molecular weight excluding hydrogens is 356 g/mol. The first kappa shape index (κ1) is 17.7. The maximum Gasteiger partial charge on any atom is 0.357 e. The summed E-state index contributed by atoms with van der Waals surface area (Å²) in [5.41, 5.74) is 1.56. The molecule has 7 heteroatoms. The van der Waals surface area contributed by atoms with Crippen LogP contribution in [0, 0.1) is 0 Å². The predicted octanol–water partition coefficient (Wildman–Crippen LogP) is 3.77. The zero-order chi connectivity index (χ0) is 18.7. The van der Waals surface area contributed by atoms with Crippen LogP contribution < -0.4 is 0 Å². The van der Waals surface area contributed by atoms with E-state index < -0.39 is 11.9 Å². The molecule has 0 atom stereocenters. The molecule has 2 aromatic carbocycles. The van der Waals surface area contributed by atoms with Crippen LogP contribution in [0.25, 0.3) is 16.9 Å². The lowest BCUT2D eigenvalue weighted by Gasteiger charge is -2.07. The van der Waals surface area contributed by atoms with Crippen molar-refractivity contribution >= 4 is 23.5 Å². The van der Waals surface area contributed by atoms with Crippen LogP contribution in [-0.4, -0.2) is 35.9 Å². The molecule has 0 saturated carbocycles. The molecule has 0 unspecified atom stereocenters. The Morgan fingerprint density at radius 2 is 1.54 bits per heavy atom. The summed E-state index contributed by atoms with van der Waals surface area (Å²) in [7, 11) is 2.49. The summed E-state index contributed by atoms with van der Waals surface area (Å²) in [5, 5.41) is 5.04. The zero-order valence-electron chi connectivity index (χ0n) is 14.1. The third-order valence-electron chi connectivity index (χ3n) is 3.77. The van der Waals surface area contributed by atoms with E-state index in [1.54, 1.807) is 48.5 Å². The summed E-state index contributed by atoms with van der Waals surface area (Å²) in [6, 6.07) is 15.8. The first-order valence-corrected chi connectivity index (χ1v) is 8.05. The number of benzene rings is 2. The summed E-state index contributed by atoms with van der Waals surface area (Å²) in [6.45, 7) is 0. The summed E-state index contributed by atoms with van der Waals surface area (Å²) >= 11 is 5.94. The molecule has 1 aromatic heterocycles. The molecule has 0 aliphatic rings. The van der Waals surface area contributed by atoms with E-state index in [4.69, 9.17) is 21.1 Å². The molecule has 0 N–H and O–H groups in total. The molecule has 0 amide bonds. The van der Waals surface area contributed by atoms with Gasteiger partial charge in [-0.2, -0.15) is 5.10 Å². The fourth-order valence-electron chi connectivity index (χ4n) is 2.56. The van der Waals surface area contributed by atoms with Gasteiger partial charge in [0.25, 0.3) is 0 Å². The van der Waals surface area contributed by atoms with Crippen molar-refractivity contribution < 1.29 is 19.1 Å². The van der Waals surface area contributed by atoms with E-state index in [-0.39, 0.29) is 11.3 Å². The molecule has 3 rings (SSSR count). The molecule has 26 heavy (non-hydrogen) atoms. The van der Waals surface area contributed by atoms with Crippen molar-refractivity contribution in [1.82, 2.24) is 9.78 Å². The van der Waals surface area contributed by atoms with Crippen LogP contribution in [0.1, 0.15) is 20.8 Å². The quantitative estimate of drug-likeness (QED) is 0.654. The number of halogens is 1. The van der Waals surface area contributed by atoms with Gasteiger partial charge in [-0.3, -0.25) is 0 Å². The molecule has 0 spiro atoms. The normalized spacial score (nSPS) is 10.4. The first-order valence-electron chi connectivity index (χ1n) is 7.67. The molecule has 3 aromatic rings. The van der Waals surface area contributed by atoms with Gasteiger partial charge < -0.3 is 9.47 Å². The van der Waals surface area contributed by atoms with Gasteiger partial charge in [0, 0.05) is 10.6 Å². The number of hydrogen-bond donors (Lipinski definition) is 0. The summed E-state index contributed by atoms with van der Waals surface area (Å²) in [4.78, 5) is 24.9. The molecular formula is C19H15ClN2O4. The predicted molar refractivity (Wildman–Crippen MR) is 96.7 cm³/mol. The number of methoxy groups -OCH3 is 2. The lowest BCUT2D eigenvalue weighted by molar-refractivity contribution is 0.0549. The molecule has 1 heterocycles. The number of carbonyl (C=O) groups is 2. The number of ether oxygens (including phenoxy) is 2. The van der Waals surface area contributed by atoms with Crippen molar-refractivity contribution in [3.05, 3.63) is 70.9 Å². The molecule has 132 valence electrons. The minimum absolute atomic E-state index is 0.00417. The Balaban J connectivity index is 2.33. The van der Waals surface area contributed by atoms with Gasteiger partial charge in [-0.05, 0) is 24.3 Å². The third-order valence-corrected chi connectivity index (χ3v) is 4.02. The highest BCUT2D eigenvalue weighted by atomic mass is 35.5. The Labute approximate surface area is 154 Å². The van der Waals surface area contributed by atoms with Crippen molar-refractivity contribution in [2.24, 2.45) is 0 Å². The minimum atomic E-state index is -0.693. The largest absolute Gasteiger partial charge is 0.465 e. The van der Waals surface area contributed by atoms with E-state index in [9.17, 15) is 9.59 Å². The van der Waals surface area contributed by atoms with Crippen molar-refractivity contribution in [3.8, 4) is 16.9 Å². The van der Waals surface area contributed by atoms with Gasteiger partial charge in [0.05, 0.1) is 19.9 Å². The van der Waals surface area contributed by atoms with E-state index in [0.717, 1.165) is 0 Å². The molecule has 0 aliphatic heterocycles. The first-order chi connectivity index (χ1) is 12.6. The van der Waals surface area contributed by atoms with Crippen LogP contribution >= 0.6 is 11.6 Å². The molecule has 0 aliphatic carbocycles. The van der Waals surface area contributed by atoms with Crippen molar-refractivity contribution in [3.63, 3.8) is 0 Å². The maximum absolute atomic E-state index is 12.5. The lowest BCUT2D eigenvalue weighted by atomic mass is 10.1. The maximum atomic E-state index is 12.5. The number of para-hydroxylation sites is 1. The smallest absolute Gasteiger partial charge is 0.357 e. The highest BCUT2D eigenvalue weighted by Gasteiger charge is 2.31. The Morgan fingerprint density at radius 1 is 0.923 bits per heavy atom. The molecule has 0 saturated heterocycles. The molecule has 6 nitrogen and oxygen atoms in total. The fourth-order valence-corrected chi connectivity index (χ4v) is 2.69. The topological polar surface area (TPSA) is 70.4 Å². The van der Waals surface area contributed by atoms with Crippen LogP contribution in [0.5, 0.6) is 0 Å². The average Bonchev–Trinajstić information content (AvgIpc) is 3.08. The van der Waals surface area contributed by atoms with Gasteiger partial charge in [-0.15, -0.1) is 0 Å². The van der Waals surface area contributed by atoms with Gasteiger partial charge in [-0.25, -0.2) is 14.3 Å². The number of nitrogens with zero attached hydrogens (tertiary/aromatic N) is 2. The Bertz CT molecular complexity index is 950. The van der Waals surface area contributed by atoms with Crippen LogP contribution in [0.3, 0.4) is 0 Å². The Morgan fingerprint density at radius 3 is 2.12 bits per heavy atom. The van der Waals surface area contributed by atoms with E-state index >= 15 is 0 Å². The second-order valence-corrected chi connectivity index (χ2v) is 5.75. The minimum Gasteiger partial charge on any atom is -0.465 e. The van der Waals surface area contributed by atoms with Gasteiger partial charge in [0.1, 0.15) is 11.3 Å². The zero-order valence-corrected chi connectivity index (χ0v) is 14.9. The fraction of sp³-hybridized carbons (Fsp3) is 0.105. The van der Waals surface area contributed by atoms with Crippen LogP contribution in [0.4, 0.5) is 0 Å². The van der Waals surface area contributed by atoms with E-state index in [2.05, 4.69) is 5.10 Å². The van der Waals surface area contributed by atoms with Gasteiger partial charge >= 0.3 is 11.9 Å². The number of esters is 2. The molecule has 0 bridgehead atoms. The van der Waals surface area contributed by atoms with Crippen LogP contribution in [0.2, 0.25) is 5.02 Å². The highest BCUT2D eigenvalue weighted by molar-refractivity contribution is 6.30. The lowest BCUT2D eigenvalue weighted by Crippen LogP contribution is -2.15. The Hall–Kier alpha value is -3.12. The van der Waals surface area contributed by atoms with Crippen LogP contribution in [0.15, 0.2) is 54.6 Å². The van der Waals surface area contributed by atoms with Gasteiger partial charge in [-0.1, -0.05) is 41.9 Å².